The van der Waals surface area contributed by atoms with Crippen LogP contribution in [0.25, 0.3) is 0 Å². The molecule has 1 aromatic carbocycles. The molecule has 0 aliphatic heterocycles. The van der Waals surface area contributed by atoms with E-state index in [4.69, 9.17) is 5.73 Å². The van der Waals surface area contributed by atoms with Gasteiger partial charge in [-0.15, -0.1) is 0 Å². The number of hydrogen-bond acceptors (Lipinski definition) is 3. The lowest BCUT2D eigenvalue weighted by atomic mass is 9.84. The predicted molar refractivity (Wildman–Crippen MR) is 87.9 cm³/mol. The molecular weight excluding hydrogens is 332 g/mol. The zero-order valence-electron chi connectivity index (χ0n) is 12.1. The largest absolute Gasteiger partial charge is 0.382 e. The van der Waals surface area contributed by atoms with E-state index < -0.39 is 18.1 Å². The van der Waals surface area contributed by atoms with Crippen LogP contribution in [0, 0.1) is 5.92 Å². The first kappa shape index (κ1) is 16.5. The number of aliphatic hydroxyl groups excluding tert-OH is 1. The van der Waals surface area contributed by atoms with Crippen LogP contribution in [0.15, 0.2) is 28.7 Å². The lowest BCUT2D eigenvalue weighted by Gasteiger charge is -2.26. The molecule has 4 nitrogen and oxygen atoms in total. The molecule has 1 aliphatic carbocycles. The van der Waals surface area contributed by atoms with Crippen LogP contribution in [0.3, 0.4) is 0 Å². The number of halogens is 1. The van der Waals surface area contributed by atoms with Crippen molar-refractivity contribution in [2.45, 2.75) is 50.7 Å². The van der Waals surface area contributed by atoms with Crippen LogP contribution in [0.2, 0.25) is 0 Å². The van der Waals surface area contributed by atoms with Gasteiger partial charge in [0.05, 0.1) is 0 Å². The molecular formula is C16H23BrN2O2. The summed E-state index contributed by atoms with van der Waals surface area (Å²) in [6.07, 6.45) is 5.64. The van der Waals surface area contributed by atoms with Crippen molar-refractivity contribution < 1.29 is 9.90 Å². The highest BCUT2D eigenvalue weighted by Crippen LogP contribution is 2.27. The molecule has 1 unspecified atom stereocenters. The second-order valence-corrected chi connectivity index (χ2v) is 6.76. The molecule has 0 bridgehead atoms. The molecule has 4 N–H and O–H groups in total. The van der Waals surface area contributed by atoms with Gasteiger partial charge in [0.25, 0.3) is 5.91 Å². The van der Waals surface area contributed by atoms with Gasteiger partial charge in [0.15, 0.2) is 0 Å². The molecule has 0 aromatic heterocycles. The molecule has 0 saturated heterocycles. The first-order valence-electron chi connectivity index (χ1n) is 7.56. The first-order valence-corrected chi connectivity index (χ1v) is 8.35. The van der Waals surface area contributed by atoms with Gasteiger partial charge in [0.1, 0.15) is 6.10 Å². The normalized spacial score (nSPS) is 19.0. The van der Waals surface area contributed by atoms with E-state index in [-0.39, 0.29) is 0 Å². The highest BCUT2D eigenvalue weighted by molar-refractivity contribution is 9.10. The summed E-state index contributed by atoms with van der Waals surface area (Å²) in [7, 11) is 0. The summed E-state index contributed by atoms with van der Waals surface area (Å²) >= 11 is 3.34. The van der Waals surface area contributed by atoms with Crippen LogP contribution in [-0.4, -0.2) is 23.2 Å². The molecule has 0 radical (unpaired) electrons. The quantitative estimate of drug-likeness (QED) is 0.760. The Kier molecular flexibility index (Phi) is 6.21. The van der Waals surface area contributed by atoms with Gasteiger partial charge in [0, 0.05) is 16.2 Å². The SMILES string of the molecule is N[C@H](CC1CCCCC1)C(O)C(=O)Nc1ccc(Br)cc1. The van der Waals surface area contributed by atoms with E-state index in [0.29, 0.717) is 11.6 Å². The molecule has 1 aromatic rings. The van der Waals surface area contributed by atoms with Crippen molar-refractivity contribution in [3.63, 3.8) is 0 Å². The Morgan fingerprint density at radius 1 is 1.29 bits per heavy atom. The summed E-state index contributed by atoms with van der Waals surface area (Å²) in [6.45, 7) is 0. The van der Waals surface area contributed by atoms with Crippen LogP contribution >= 0.6 is 15.9 Å². The summed E-state index contributed by atoms with van der Waals surface area (Å²) < 4.78 is 0.940. The minimum Gasteiger partial charge on any atom is -0.382 e. The molecule has 116 valence electrons. The number of nitrogens with two attached hydrogens (primary N) is 1. The summed E-state index contributed by atoms with van der Waals surface area (Å²) in [5, 5.41) is 12.8. The van der Waals surface area contributed by atoms with E-state index in [1.165, 1.54) is 19.3 Å². The molecule has 2 atom stereocenters. The van der Waals surface area contributed by atoms with Gasteiger partial charge in [-0.2, -0.15) is 0 Å². The van der Waals surface area contributed by atoms with Gasteiger partial charge in [-0.1, -0.05) is 48.0 Å². The Labute approximate surface area is 134 Å². The maximum Gasteiger partial charge on any atom is 0.254 e. The van der Waals surface area contributed by atoms with Crippen LogP contribution in [0.4, 0.5) is 5.69 Å². The Morgan fingerprint density at radius 3 is 2.52 bits per heavy atom. The van der Waals surface area contributed by atoms with E-state index in [1.807, 2.05) is 12.1 Å². The van der Waals surface area contributed by atoms with Crippen molar-refractivity contribution in [3.05, 3.63) is 28.7 Å². The average molecular weight is 355 g/mol. The second-order valence-electron chi connectivity index (χ2n) is 5.84. The minimum absolute atomic E-state index is 0.430. The molecule has 2 rings (SSSR count). The Morgan fingerprint density at radius 2 is 1.90 bits per heavy atom. The predicted octanol–water partition coefficient (Wildman–Crippen LogP) is 3.05. The third kappa shape index (κ3) is 5.09. The fourth-order valence-corrected chi connectivity index (χ4v) is 3.14. The zero-order valence-corrected chi connectivity index (χ0v) is 13.7. The maximum absolute atomic E-state index is 12.0. The van der Waals surface area contributed by atoms with E-state index >= 15 is 0 Å². The lowest BCUT2D eigenvalue weighted by molar-refractivity contribution is -0.125. The Bertz CT molecular complexity index is 458. The van der Waals surface area contributed by atoms with E-state index in [2.05, 4.69) is 21.2 Å². The number of nitrogens with one attached hydrogen (secondary N) is 1. The summed E-state index contributed by atoms with van der Waals surface area (Å²) in [4.78, 5) is 12.0. The van der Waals surface area contributed by atoms with Gasteiger partial charge in [-0.25, -0.2) is 0 Å². The van der Waals surface area contributed by atoms with Crippen molar-refractivity contribution in [3.8, 4) is 0 Å². The number of hydrogen-bond donors (Lipinski definition) is 3. The third-order valence-corrected chi connectivity index (χ3v) is 4.64. The number of carbonyl (C=O) groups excluding carboxylic acids is 1. The molecule has 1 saturated carbocycles. The number of aliphatic hydroxyl groups is 1. The highest BCUT2D eigenvalue weighted by Gasteiger charge is 2.26. The standard InChI is InChI=1S/C16H23BrN2O2/c17-12-6-8-13(9-7-12)19-16(21)15(20)14(18)10-11-4-2-1-3-5-11/h6-9,11,14-15,20H,1-5,10,18H2,(H,19,21)/t14-,15?/m1/s1. The highest BCUT2D eigenvalue weighted by atomic mass is 79.9. The van der Waals surface area contributed by atoms with Crippen LogP contribution < -0.4 is 11.1 Å². The monoisotopic (exact) mass is 354 g/mol. The Hall–Kier alpha value is -0.910. The summed E-state index contributed by atoms with van der Waals surface area (Å²) in [6, 6.07) is 6.74. The summed E-state index contributed by atoms with van der Waals surface area (Å²) in [5.41, 5.74) is 6.67. The molecule has 5 heteroatoms. The summed E-state index contributed by atoms with van der Waals surface area (Å²) in [5.74, 6) is 0.115. The van der Waals surface area contributed by atoms with Crippen molar-refractivity contribution in [1.29, 1.82) is 0 Å². The van der Waals surface area contributed by atoms with Gasteiger partial charge in [-0.3, -0.25) is 4.79 Å². The smallest absolute Gasteiger partial charge is 0.254 e. The molecule has 0 heterocycles. The minimum atomic E-state index is -1.16. The number of benzene rings is 1. The number of amides is 1. The number of anilines is 1. The zero-order chi connectivity index (χ0) is 15.2. The fourth-order valence-electron chi connectivity index (χ4n) is 2.88. The van der Waals surface area contributed by atoms with E-state index in [9.17, 15) is 9.90 Å². The van der Waals surface area contributed by atoms with Crippen molar-refractivity contribution in [1.82, 2.24) is 0 Å². The maximum atomic E-state index is 12.0. The molecule has 0 spiro atoms. The van der Waals surface area contributed by atoms with Crippen molar-refractivity contribution >= 4 is 27.5 Å². The van der Waals surface area contributed by atoms with E-state index in [0.717, 1.165) is 23.7 Å². The van der Waals surface area contributed by atoms with Crippen LogP contribution in [0.1, 0.15) is 38.5 Å². The second kappa shape index (κ2) is 7.92. The third-order valence-electron chi connectivity index (χ3n) is 4.12. The molecule has 1 fully saturated rings. The lowest BCUT2D eigenvalue weighted by Crippen LogP contribution is -2.44. The number of carbonyl (C=O) groups is 1. The topological polar surface area (TPSA) is 75.3 Å². The fraction of sp³-hybridized carbons (Fsp3) is 0.562. The molecule has 21 heavy (non-hydrogen) atoms. The van der Waals surface area contributed by atoms with Crippen LogP contribution in [0.5, 0.6) is 0 Å². The van der Waals surface area contributed by atoms with Crippen molar-refractivity contribution in [2.75, 3.05) is 5.32 Å². The van der Waals surface area contributed by atoms with Crippen molar-refractivity contribution in [2.24, 2.45) is 11.7 Å². The number of rotatable bonds is 5. The van der Waals surface area contributed by atoms with E-state index in [1.54, 1.807) is 12.1 Å². The van der Waals surface area contributed by atoms with Gasteiger partial charge in [0.2, 0.25) is 0 Å². The van der Waals surface area contributed by atoms with Gasteiger partial charge in [-0.05, 0) is 36.6 Å². The van der Waals surface area contributed by atoms with Gasteiger partial charge < -0.3 is 16.2 Å². The van der Waals surface area contributed by atoms with Crippen LogP contribution in [-0.2, 0) is 4.79 Å². The Balaban J connectivity index is 1.84. The molecule has 1 amide bonds. The first-order chi connectivity index (χ1) is 10.1. The molecule has 1 aliphatic rings. The van der Waals surface area contributed by atoms with Gasteiger partial charge >= 0.3 is 0 Å². The average Bonchev–Trinajstić information content (AvgIpc) is 2.49.